The van der Waals surface area contributed by atoms with Gasteiger partial charge in [0.15, 0.2) is 0 Å². The van der Waals surface area contributed by atoms with Crippen LogP contribution in [0.2, 0.25) is 0 Å². The Morgan fingerprint density at radius 1 is 1.38 bits per heavy atom. The van der Waals surface area contributed by atoms with Gasteiger partial charge in [0.2, 0.25) is 5.91 Å². The molecule has 92 valence electrons. The van der Waals surface area contributed by atoms with Crippen LogP contribution in [0.3, 0.4) is 0 Å². The summed E-state index contributed by atoms with van der Waals surface area (Å²) in [5.41, 5.74) is -0.316. The van der Waals surface area contributed by atoms with Gasteiger partial charge in [0, 0.05) is 6.04 Å². The zero-order valence-corrected chi connectivity index (χ0v) is 10.8. The number of nitrogens with zero attached hydrogens (tertiary/aromatic N) is 1. The fourth-order valence-electron chi connectivity index (χ4n) is 3.08. The number of amides is 1. The third-order valence-electron chi connectivity index (χ3n) is 4.34. The van der Waals surface area contributed by atoms with Gasteiger partial charge >= 0.3 is 0 Å². The van der Waals surface area contributed by atoms with Gasteiger partial charge in [-0.2, -0.15) is 0 Å². The van der Waals surface area contributed by atoms with Crippen molar-refractivity contribution < 1.29 is 4.79 Å². The van der Waals surface area contributed by atoms with E-state index in [1.807, 2.05) is 6.92 Å². The fourth-order valence-corrected chi connectivity index (χ4v) is 3.08. The van der Waals surface area contributed by atoms with E-state index < -0.39 is 0 Å². The van der Waals surface area contributed by atoms with Crippen LogP contribution < -0.4 is 5.32 Å². The van der Waals surface area contributed by atoms with Gasteiger partial charge in [-0.15, -0.1) is 0 Å². The second kappa shape index (κ2) is 4.36. The molecule has 3 nitrogen and oxygen atoms in total. The van der Waals surface area contributed by atoms with Crippen LogP contribution in [0, 0.1) is 0 Å². The monoisotopic (exact) mass is 224 g/mol. The van der Waals surface area contributed by atoms with Gasteiger partial charge in [-0.25, -0.2) is 0 Å². The number of rotatable bonds is 3. The van der Waals surface area contributed by atoms with Crippen molar-refractivity contribution in [2.24, 2.45) is 0 Å². The maximum absolute atomic E-state index is 12.5. The number of hydrogen-bond acceptors (Lipinski definition) is 2. The number of carbonyl (C=O) groups excluding carboxylic acids is 1. The Bertz CT molecular complexity index is 273. The molecule has 0 aromatic heterocycles. The molecule has 0 radical (unpaired) electrons. The number of hydrogen-bond donors (Lipinski definition) is 1. The summed E-state index contributed by atoms with van der Waals surface area (Å²) in [4.78, 5) is 14.6. The fraction of sp³-hybridized carbons (Fsp3) is 0.923. The molecule has 1 saturated carbocycles. The molecule has 16 heavy (non-hydrogen) atoms. The lowest BCUT2D eigenvalue weighted by Gasteiger charge is -2.29. The van der Waals surface area contributed by atoms with Gasteiger partial charge in [-0.1, -0.05) is 26.7 Å². The summed E-state index contributed by atoms with van der Waals surface area (Å²) >= 11 is 0. The Hall–Kier alpha value is -0.570. The molecule has 1 amide bonds. The van der Waals surface area contributed by atoms with Gasteiger partial charge < -0.3 is 4.90 Å². The van der Waals surface area contributed by atoms with Gasteiger partial charge in [0.05, 0.1) is 11.7 Å². The van der Waals surface area contributed by atoms with Crippen molar-refractivity contribution in [1.82, 2.24) is 10.2 Å². The van der Waals surface area contributed by atoms with E-state index in [1.165, 1.54) is 25.7 Å². The van der Waals surface area contributed by atoms with Crippen LogP contribution in [-0.4, -0.2) is 28.6 Å². The Morgan fingerprint density at radius 3 is 2.50 bits per heavy atom. The van der Waals surface area contributed by atoms with E-state index in [1.54, 1.807) is 0 Å². The summed E-state index contributed by atoms with van der Waals surface area (Å²) < 4.78 is 0. The first-order chi connectivity index (χ1) is 7.62. The van der Waals surface area contributed by atoms with E-state index in [0.29, 0.717) is 11.9 Å². The molecule has 1 aliphatic carbocycles. The predicted molar refractivity (Wildman–Crippen MR) is 65.0 cm³/mol. The number of carbonyl (C=O) groups is 1. The summed E-state index contributed by atoms with van der Waals surface area (Å²) in [5.74, 6) is 0.328. The molecular weight excluding hydrogens is 200 g/mol. The summed E-state index contributed by atoms with van der Waals surface area (Å²) in [6.07, 6.45) is 7.12. The minimum Gasteiger partial charge on any atom is -0.323 e. The van der Waals surface area contributed by atoms with Crippen LogP contribution in [0.25, 0.3) is 0 Å². The Balaban J connectivity index is 2.18. The summed E-state index contributed by atoms with van der Waals surface area (Å²) in [6, 6.07) is 0.498. The van der Waals surface area contributed by atoms with Crippen molar-refractivity contribution in [3.63, 3.8) is 0 Å². The Labute approximate surface area is 98.6 Å². The van der Waals surface area contributed by atoms with Crippen molar-refractivity contribution in [2.45, 2.75) is 77.0 Å². The summed E-state index contributed by atoms with van der Waals surface area (Å²) in [5, 5.41) is 3.52. The first-order valence-electron chi connectivity index (χ1n) is 6.73. The Morgan fingerprint density at radius 2 is 2.00 bits per heavy atom. The van der Waals surface area contributed by atoms with Crippen LogP contribution in [-0.2, 0) is 4.79 Å². The van der Waals surface area contributed by atoms with E-state index in [2.05, 4.69) is 24.1 Å². The highest BCUT2D eigenvalue weighted by molar-refractivity contribution is 5.88. The standard InChI is InChI=1S/C13H24N2O/c1-4-11-14-13(3,5-2)12(16)15(11)10-8-6-7-9-10/h10-11,14H,4-9H2,1-3H3. The lowest BCUT2D eigenvalue weighted by molar-refractivity contribution is -0.135. The lowest BCUT2D eigenvalue weighted by Crippen LogP contribution is -2.44. The molecule has 0 spiro atoms. The zero-order chi connectivity index (χ0) is 11.8. The molecule has 3 heteroatoms. The molecule has 1 N–H and O–H groups in total. The minimum absolute atomic E-state index is 0.264. The van der Waals surface area contributed by atoms with E-state index in [9.17, 15) is 4.79 Å². The molecule has 1 saturated heterocycles. The van der Waals surface area contributed by atoms with Crippen molar-refractivity contribution in [3.8, 4) is 0 Å². The van der Waals surface area contributed by atoms with E-state index >= 15 is 0 Å². The maximum Gasteiger partial charge on any atom is 0.244 e. The van der Waals surface area contributed by atoms with Crippen molar-refractivity contribution >= 4 is 5.91 Å². The van der Waals surface area contributed by atoms with Gasteiger partial charge in [0.25, 0.3) is 0 Å². The van der Waals surface area contributed by atoms with E-state index in [-0.39, 0.29) is 11.7 Å². The smallest absolute Gasteiger partial charge is 0.244 e. The van der Waals surface area contributed by atoms with Gasteiger partial charge in [0.1, 0.15) is 0 Å². The highest BCUT2D eigenvalue weighted by Gasteiger charge is 2.48. The van der Waals surface area contributed by atoms with E-state index in [4.69, 9.17) is 0 Å². The summed E-state index contributed by atoms with van der Waals surface area (Å²) in [7, 11) is 0. The molecule has 2 atom stereocenters. The molecule has 2 unspecified atom stereocenters. The largest absolute Gasteiger partial charge is 0.323 e. The molecule has 2 aliphatic rings. The lowest BCUT2D eigenvalue weighted by atomic mass is 9.99. The average Bonchev–Trinajstić information content (AvgIpc) is 2.87. The average molecular weight is 224 g/mol. The first-order valence-corrected chi connectivity index (χ1v) is 6.73. The molecule has 1 heterocycles. The molecule has 2 rings (SSSR count). The highest BCUT2D eigenvalue weighted by atomic mass is 16.2. The van der Waals surface area contributed by atoms with Crippen LogP contribution in [0.1, 0.15) is 59.3 Å². The third kappa shape index (κ3) is 1.75. The molecule has 0 aromatic rings. The van der Waals surface area contributed by atoms with Crippen LogP contribution in [0.5, 0.6) is 0 Å². The zero-order valence-electron chi connectivity index (χ0n) is 10.8. The van der Waals surface area contributed by atoms with Crippen LogP contribution in [0.15, 0.2) is 0 Å². The summed E-state index contributed by atoms with van der Waals surface area (Å²) in [6.45, 7) is 6.30. The minimum atomic E-state index is -0.316. The maximum atomic E-state index is 12.5. The second-order valence-corrected chi connectivity index (χ2v) is 5.40. The highest BCUT2D eigenvalue weighted by Crippen LogP contribution is 2.33. The van der Waals surface area contributed by atoms with Crippen molar-refractivity contribution in [1.29, 1.82) is 0 Å². The third-order valence-corrected chi connectivity index (χ3v) is 4.34. The van der Waals surface area contributed by atoms with Crippen molar-refractivity contribution in [2.75, 3.05) is 0 Å². The Kier molecular flexibility index (Phi) is 3.24. The molecule has 0 bridgehead atoms. The van der Waals surface area contributed by atoms with Crippen LogP contribution >= 0.6 is 0 Å². The first kappa shape index (κ1) is 11.9. The topological polar surface area (TPSA) is 32.3 Å². The molecular formula is C13H24N2O. The normalized spacial score (nSPS) is 36.3. The van der Waals surface area contributed by atoms with E-state index in [0.717, 1.165) is 12.8 Å². The van der Waals surface area contributed by atoms with Gasteiger partial charge in [-0.05, 0) is 32.6 Å². The SMILES string of the molecule is CCC1NC(C)(CC)C(=O)N1C1CCCC1. The molecule has 0 aromatic carbocycles. The van der Waals surface area contributed by atoms with Crippen LogP contribution in [0.4, 0.5) is 0 Å². The predicted octanol–water partition coefficient (Wildman–Crippen LogP) is 2.27. The quantitative estimate of drug-likeness (QED) is 0.797. The molecule has 2 fully saturated rings. The van der Waals surface area contributed by atoms with Gasteiger partial charge in [-0.3, -0.25) is 10.1 Å². The number of nitrogens with one attached hydrogen (secondary N) is 1. The molecule has 1 aliphatic heterocycles. The second-order valence-electron chi connectivity index (χ2n) is 5.40. The van der Waals surface area contributed by atoms with Crippen molar-refractivity contribution in [3.05, 3.63) is 0 Å².